The SMILES string of the molecule is CC.C[C-](C)OC(C)COC(=O)C(C)(C)OC(C)COCC(C)OC(C)(C)C(=O)OCC(C)O[C-](C)C.[Y].[Y]. The Morgan fingerprint density at radius 2 is 0.872 bits per heavy atom. The molecule has 0 aromatic rings. The summed E-state index contributed by atoms with van der Waals surface area (Å²) in [6.45, 7) is 26.0. The van der Waals surface area contributed by atoms with Gasteiger partial charge in [-0.05, 0) is 55.4 Å². The normalized spacial score (nSPS) is 14.7. The van der Waals surface area contributed by atoms with E-state index in [9.17, 15) is 9.59 Å². The molecule has 9 nitrogen and oxygen atoms in total. The predicted octanol–water partition coefficient (Wildman–Crippen LogP) is 5.43. The average Bonchev–Trinajstić information content (AvgIpc) is 2.75. The van der Waals surface area contributed by atoms with Gasteiger partial charge in [-0.2, -0.15) is 27.7 Å². The molecular weight excluding hydrogens is 658 g/mol. The van der Waals surface area contributed by atoms with E-state index in [-0.39, 0.29) is 116 Å². The third-order valence-electron chi connectivity index (χ3n) is 4.45. The predicted molar refractivity (Wildman–Crippen MR) is 144 cm³/mol. The summed E-state index contributed by atoms with van der Waals surface area (Å²) in [5.41, 5.74) is -2.29. The van der Waals surface area contributed by atoms with E-state index < -0.39 is 23.1 Å². The van der Waals surface area contributed by atoms with Crippen molar-refractivity contribution in [3.05, 3.63) is 12.2 Å². The Bertz CT molecular complexity index is 576. The molecule has 0 aliphatic carbocycles. The molecule has 0 aromatic heterocycles. The second kappa shape index (κ2) is 24.4. The van der Waals surface area contributed by atoms with Crippen molar-refractivity contribution in [2.24, 2.45) is 0 Å². The molecular formula is C28H54O9Y2-2. The van der Waals surface area contributed by atoms with Crippen LogP contribution in [0, 0.1) is 12.2 Å². The Morgan fingerprint density at radius 3 is 1.13 bits per heavy atom. The molecule has 0 aromatic carbocycles. The number of hydrogen-bond donors (Lipinski definition) is 0. The van der Waals surface area contributed by atoms with Gasteiger partial charge in [0.15, 0.2) is 11.2 Å². The maximum absolute atomic E-state index is 12.4. The van der Waals surface area contributed by atoms with Crippen molar-refractivity contribution in [2.75, 3.05) is 26.4 Å². The Kier molecular flexibility index (Phi) is 29.3. The third-order valence-corrected chi connectivity index (χ3v) is 4.45. The first kappa shape index (κ1) is 46.9. The molecule has 2 radical (unpaired) electrons. The number of carbonyl (C=O) groups is 2. The zero-order valence-electron chi connectivity index (χ0n) is 27.0. The minimum absolute atomic E-state index is 0. The van der Waals surface area contributed by atoms with Crippen molar-refractivity contribution in [1.82, 2.24) is 0 Å². The van der Waals surface area contributed by atoms with Crippen LogP contribution in [0.3, 0.4) is 0 Å². The zero-order chi connectivity index (χ0) is 29.4. The van der Waals surface area contributed by atoms with Gasteiger partial charge in [0.1, 0.15) is 13.2 Å². The van der Waals surface area contributed by atoms with E-state index in [0.29, 0.717) is 0 Å². The van der Waals surface area contributed by atoms with Gasteiger partial charge in [-0.3, -0.25) is 0 Å². The maximum Gasteiger partial charge on any atom is 0.337 e. The van der Waals surface area contributed by atoms with Gasteiger partial charge in [-0.25, -0.2) is 21.8 Å². The fourth-order valence-electron chi connectivity index (χ4n) is 3.18. The van der Waals surface area contributed by atoms with Crippen LogP contribution < -0.4 is 0 Å². The van der Waals surface area contributed by atoms with Crippen molar-refractivity contribution in [1.29, 1.82) is 0 Å². The van der Waals surface area contributed by atoms with Crippen molar-refractivity contribution < 1.29 is 108 Å². The van der Waals surface area contributed by atoms with Gasteiger partial charge in [0, 0.05) is 65.4 Å². The third kappa shape index (κ3) is 24.1. The maximum atomic E-state index is 12.4. The van der Waals surface area contributed by atoms with E-state index in [0.717, 1.165) is 12.2 Å². The monoisotopic (exact) mass is 712 g/mol. The number of rotatable bonds is 18. The molecule has 4 atom stereocenters. The smallest absolute Gasteiger partial charge is 0.337 e. The molecule has 0 spiro atoms. The van der Waals surface area contributed by atoms with Crippen molar-refractivity contribution >= 4 is 11.9 Å². The summed E-state index contributed by atoms with van der Waals surface area (Å²) >= 11 is 0. The summed E-state index contributed by atoms with van der Waals surface area (Å²) in [5, 5.41) is 0. The largest absolute Gasteiger partial charge is 0.545 e. The summed E-state index contributed by atoms with van der Waals surface area (Å²) in [6.07, 6.45) is 0.390. The van der Waals surface area contributed by atoms with Gasteiger partial charge >= 0.3 is 11.9 Å². The number of carbonyl (C=O) groups excluding carboxylic acids is 2. The molecule has 0 bridgehead atoms. The Morgan fingerprint density at radius 1 is 0.590 bits per heavy atom. The quantitative estimate of drug-likeness (QED) is 0.136. The van der Waals surface area contributed by atoms with Crippen LogP contribution in [0.4, 0.5) is 0 Å². The number of esters is 2. The molecule has 0 heterocycles. The molecule has 0 amide bonds. The molecule has 11 heteroatoms. The van der Waals surface area contributed by atoms with Crippen LogP contribution in [0.15, 0.2) is 0 Å². The van der Waals surface area contributed by atoms with Crippen LogP contribution in [-0.2, 0) is 108 Å². The number of ether oxygens (including phenoxy) is 7. The molecule has 0 fully saturated rings. The molecule has 4 unspecified atom stereocenters. The first-order chi connectivity index (χ1) is 17.0. The van der Waals surface area contributed by atoms with Crippen LogP contribution in [0.25, 0.3) is 0 Å². The van der Waals surface area contributed by atoms with Crippen molar-refractivity contribution in [3.8, 4) is 0 Å². The van der Waals surface area contributed by atoms with Crippen LogP contribution in [0.2, 0.25) is 0 Å². The summed E-state index contributed by atoms with van der Waals surface area (Å²) in [5.74, 6) is -0.950. The van der Waals surface area contributed by atoms with Gasteiger partial charge in [0.2, 0.25) is 0 Å². The second-order valence-corrected chi connectivity index (χ2v) is 10.3. The van der Waals surface area contributed by atoms with Crippen LogP contribution in [0.5, 0.6) is 0 Å². The van der Waals surface area contributed by atoms with E-state index in [2.05, 4.69) is 0 Å². The van der Waals surface area contributed by atoms with Gasteiger partial charge in [-0.1, -0.05) is 13.8 Å². The average molecular weight is 713 g/mol. The van der Waals surface area contributed by atoms with Crippen LogP contribution in [0.1, 0.15) is 96.9 Å². The van der Waals surface area contributed by atoms with E-state index in [1.54, 1.807) is 27.7 Å². The molecule has 228 valence electrons. The summed E-state index contributed by atoms with van der Waals surface area (Å²) in [4.78, 5) is 24.8. The fourth-order valence-corrected chi connectivity index (χ4v) is 3.18. The minimum Gasteiger partial charge on any atom is -0.545 e. The van der Waals surface area contributed by atoms with E-state index in [4.69, 9.17) is 33.2 Å². The molecule has 0 saturated heterocycles. The van der Waals surface area contributed by atoms with Gasteiger partial charge in [0.25, 0.3) is 0 Å². The van der Waals surface area contributed by atoms with E-state index in [1.165, 1.54) is 0 Å². The standard InChI is InChI=1S/C26H48O9.C2H6.2Y/c1-17(2)32-19(5)15-30-23(27)25(9,10)34-21(7)13-29-14-22(8)35-26(11,12)24(28)31-16-20(6)33-18(3)4;1-2;;/h19-22H,13-16H2,1-12H3;1-2H3;;/q-2;;;. The van der Waals surface area contributed by atoms with Crippen molar-refractivity contribution in [2.45, 2.75) is 133 Å². The topological polar surface area (TPSA) is 98.8 Å². The first-order valence-corrected chi connectivity index (χ1v) is 13.2. The van der Waals surface area contributed by atoms with Gasteiger partial charge in [-0.15, -0.1) is 0 Å². The summed E-state index contributed by atoms with van der Waals surface area (Å²) in [7, 11) is 0. The van der Waals surface area contributed by atoms with E-state index >= 15 is 0 Å². The Balaban J connectivity index is -0.00000149. The zero-order valence-corrected chi connectivity index (χ0v) is 32.6. The Labute approximate surface area is 288 Å². The molecule has 0 rings (SSSR count). The molecule has 0 aliphatic heterocycles. The van der Waals surface area contributed by atoms with Crippen molar-refractivity contribution in [3.63, 3.8) is 0 Å². The molecule has 39 heavy (non-hydrogen) atoms. The minimum atomic E-state index is -1.14. The summed E-state index contributed by atoms with van der Waals surface area (Å²) < 4.78 is 39.0. The molecule has 0 N–H and O–H groups in total. The van der Waals surface area contributed by atoms with Gasteiger partial charge in [0.05, 0.1) is 37.6 Å². The fraction of sp³-hybridized carbons (Fsp3) is 0.857. The first-order valence-electron chi connectivity index (χ1n) is 13.2. The van der Waals surface area contributed by atoms with Crippen LogP contribution in [-0.4, -0.2) is 74.0 Å². The van der Waals surface area contributed by atoms with Crippen LogP contribution >= 0.6 is 0 Å². The Hall–Kier alpha value is 0.948. The summed E-state index contributed by atoms with van der Waals surface area (Å²) in [6, 6.07) is 0. The van der Waals surface area contributed by atoms with Gasteiger partial charge < -0.3 is 33.2 Å². The van der Waals surface area contributed by atoms with E-state index in [1.807, 2.05) is 69.2 Å². The number of hydrogen-bond acceptors (Lipinski definition) is 9. The molecule has 0 aliphatic rings. The molecule has 0 saturated carbocycles. The second-order valence-electron chi connectivity index (χ2n) is 10.3.